The number of ether oxygens (including phenoxy) is 1. The highest BCUT2D eigenvalue weighted by Gasteiger charge is 2.01. The van der Waals surface area contributed by atoms with E-state index in [-0.39, 0.29) is 0 Å². The number of methoxy groups -OCH3 is 1. The van der Waals surface area contributed by atoms with Gasteiger partial charge in [-0.25, -0.2) is 0 Å². The van der Waals surface area contributed by atoms with Crippen LogP contribution in [0.25, 0.3) is 0 Å². The van der Waals surface area contributed by atoms with Crippen molar-refractivity contribution >= 4 is 5.69 Å². The Kier molecular flexibility index (Phi) is 6.67. The molecule has 3 heteroatoms. The summed E-state index contributed by atoms with van der Waals surface area (Å²) in [6.45, 7) is 9.20. The Labute approximate surface area is 105 Å². The summed E-state index contributed by atoms with van der Waals surface area (Å²) in [4.78, 5) is 2.41. The molecule has 0 aliphatic rings. The van der Waals surface area contributed by atoms with Gasteiger partial charge < -0.3 is 10.1 Å². The Balaban J connectivity index is 2.52. The van der Waals surface area contributed by atoms with Crippen LogP contribution in [-0.4, -0.2) is 38.3 Å². The summed E-state index contributed by atoms with van der Waals surface area (Å²) in [5, 5.41) is 3.35. The molecule has 0 amide bonds. The number of hydrogen-bond acceptors (Lipinski definition) is 3. The van der Waals surface area contributed by atoms with Gasteiger partial charge in [0.05, 0.1) is 6.61 Å². The fourth-order valence-electron chi connectivity index (χ4n) is 1.78. The molecule has 0 saturated carbocycles. The molecule has 0 radical (unpaired) electrons. The second-order valence-corrected chi connectivity index (χ2v) is 4.08. The van der Waals surface area contributed by atoms with Gasteiger partial charge in [0.25, 0.3) is 0 Å². The minimum atomic E-state index is 0.736. The Hall–Kier alpha value is -1.06. The van der Waals surface area contributed by atoms with Gasteiger partial charge in [0.15, 0.2) is 0 Å². The molecule has 1 N–H and O–H groups in total. The predicted molar refractivity (Wildman–Crippen MR) is 73.4 cm³/mol. The smallest absolute Gasteiger partial charge is 0.0635 e. The van der Waals surface area contributed by atoms with E-state index in [1.165, 1.54) is 11.3 Å². The zero-order valence-electron chi connectivity index (χ0n) is 11.2. The Morgan fingerprint density at radius 2 is 2.00 bits per heavy atom. The lowest BCUT2D eigenvalue weighted by atomic mass is 10.2. The van der Waals surface area contributed by atoms with Crippen molar-refractivity contribution in [1.82, 2.24) is 4.90 Å². The van der Waals surface area contributed by atoms with Gasteiger partial charge in [0.2, 0.25) is 0 Å². The summed E-state index contributed by atoms with van der Waals surface area (Å²) in [5.74, 6) is 0. The maximum Gasteiger partial charge on any atom is 0.0635 e. The molecule has 0 unspecified atom stereocenters. The van der Waals surface area contributed by atoms with Crippen LogP contribution in [0.5, 0.6) is 0 Å². The minimum Gasteiger partial charge on any atom is -0.383 e. The number of hydrogen-bond donors (Lipinski definition) is 1. The largest absolute Gasteiger partial charge is 0.383 e. The molecule has 0 fully saturated rings. The zero-order valence-corrected chi connectivity index (χ0v) is 11.2. The highest BCUT2D eigenvalue weighted by Crippen LogP contribution is 2.12. The van der Waals surface area contributed by atoms with Crippen molar-refractivity contribution in [1.29, 1.82) is 0 Å². The van der Waals surface area contributed by atoms with Gasteiger partial charge in [0, 0.05) is 25.9 Å². The van der Waals surface area contributed by atoms with Gasteiger partial charge in [-0.3, -0.25) is 4.90 Å². The van der Waals surface area contributed by atoms with E-state index in [1.54, 1.807) is 7.11 Å². The quantitative estimate of drug-likeness (QED) is 0.702. The fourth-order valence-corrected chi connectivity index (χ4v) is 1.78. The maximum atomic E-state index is 5.02. The normalized spacial score (nSPS) is 10.8. The van der Waals surface area contributed by atoms with Crippen LogP contribution < -0.4 is 5.32 Å². The van der Waals surface area contributed by atoms with Crippen molar-refractivity contribution < 1.29 is 4.74 Å². The highest BCUT2D eigenvalue weighted by molar-refractivity contribution is 5.45. The van der Waals surface area contributed by atoms with Crippen molar-refractivity contribution in [3.63, 3.8) is 0 Å². The summed E-state index contributed by atoms with van der Waals surface area (Å²) in [6, 6.07) is 8.60. The van der Waals surface area contributed by atoms with E-state index in [9.17, 15) is 0 Å². The molecule has 3 nitrogen and oxygen atoms in total. The summed E-state index contributed by atoms with van der Waals surface area (Å²) in [6.07, 6.45) is 0. The molecule has 17 heavy (non-hydrogen) atoms. The van der Waals surface area contributed by atoms with E-state index in [1.807, 2.05) is 0 Å². The monoisotopic (exact) mass is 236 g/mol. The van der Waals surface area contributed by atoms with Gasteiger partial charge in [-0.2, -0.15) is 0 Å². The van der Waals surface area contributed by atoms with E-state index < -0.39 is 0 Å². The fraction of sp³-hybridized carbons (Fsp3) is 0.571. The van der Waals surface area contributed by atoms with Gasteiger partial charge in [-0.05, 0) is 30.8 Å². The molecular weight excluding hydrogens is 212 g/mol. The van der Waals surface area contributed by atoms with Crippen LogP contribution in [0.4, 0.5) is 5.69 Å². The lowest BCUT2D eigenvalue weighted by molar-refractivity contribution is 0.211. The number of nitrogens with zero attached hydrogens (tertiary/aromatic N) is 1. The first-order chi connectivity index (χ1) is 8.30. The van der Waals surface area contributed by atoms with Crippen molar-refractivity contribution in [2.75, 3.05) is 38.7 Å². The van der Waals surface area contributed by atoms with Gasteiger partial charge >= 0.3 is 0 Å². The molecule has 0 bridgehead atoms. The van der Waals surface area contributed by atoms with E-state index in [2.05, 4.69) is 48.3 Å². The van der Waals surface area contributed by atoms with Crippen LogP contribution in [0.1, 0.15) is 19.4 Å². The number of benzene rings is 1. The molecule has 1 aromatic rings. The first-order valence-corrected chi connectivity index (χ1v) is 6.34. The van der Waals surface area contributed by atoms with Crippen molar-refractivity contribution in [2.45, 2.75) is 20.4 Å². The first kappa shape index (κ1) is 14.0. The minimum absolute atomic E-state index is 0.736. The third kappa shape index (κ3) is 5.20. The highest BCUT2D eigenvalue weighted by atomic mass is 16.5. The Morgan fingerprint density at radius 1 is 1.24 bits per heavy atom. The average molecular weight is 236 g/mol. The summed E-state index contributed by atoms with van der Waals surface area (Å²) in [5.41, 5.74) is 2.53. The number of anilines is 1. The molecule has 1 rings (SSSR count). The molecular formula is C14H24N2O. The molecule has 0 aliphatic carbocycles. The molecule has 0 atom stereocenters. The second-order valence-electron chi connectivity index (χ2n) is 4.08. The second kappa shape index (κ2) is 8.09. The molecule has 0 heterocycles. The van der Waals surface area contributed by atoms with E-state index in [4.69, 9.17) is 4.74 Å². The van der Waals surface area contributed by atoms with Gasteiger partial charge in [-0.15, -0.1) is 0 Å². The first-order valence-electron chi connectivity index (χ1n) is 6.34. The van der Waals surface area contributed by atoms with Gasteiger partial charge in [0.1, 0.15) is 0 Å². The maximum absolute atomic E-state index is 5.02. The van der Waals surface area contributed by atoms with Gasteiger partial charge in [-0.1, -0.05) is 26.0 Å². The lowest BCUT2D eigenvalue weighted by Gasteiger charge is -2.18. The lowest BCUT2D eigenvalue weighted by Crippen LogP contribution is -2.22. The molecule has 0 aromatic heterocycles. The molecule has 0 aliphatic heterocycles. The molecule has 0 saturated heterocycles. The summed E-state index contributed by atoms with van der Waals surface area (Å²) in [7, 11) is 1.72. The molecule has 0 spiro atoms. The van der Waals surface area contributed by atoms with Crippen LogP contribution in [-0.2, 0) is 11.3 Å². The standard InChI is InChI=1S/C14H24N2O/c1-4-16(5-2)12-13-7-6-8-14(11-13)15-9-10-17-3/h6-8,11,15H,4-5,9-10,12H2,1-3H3. The summed E-state index contributed by atoms with van der Waals surface area (Å²) < 4.78 is 5.02. The van der Waals surface area contributed by atoms with Crippen LogP contribution in [0.15, 0.2) is 24.3 Å². The average Bonchev–Trinajstić information content (AvgIpc) is 2.37. The summed E-state index contributed by atoms with van der Waals surface area (Å²) >= 11 is 0. The Bertz CT molecular complexity index is 311. The van der Waals surface area contributed by atoms with Crippen LogP contribution in [0.3, 0.4) is 0 Å². The van der Waals surface area contributed by atoms with Crippen LogP contribution in [0.2, 0.25) is 0 Å². The molecule has 1 aromatic carbocycles. The Morgan fingerprint density at radius 3 is 2.65 bits per heavy atom. The van der Waals surface area contributed by atoms with Crippen molar-refractivity contribution in [3.8, 4) is 0 Å². The van der Waals surface area contributed by atoms with E-state index in [0.29, 0.717) is 0 Å². The van der Waals surface area contributed by atoms with E-state index >= 15 is 0 Å². The number of rotatable bonds is 8. The van der Waals surface area contributed by atoms with Crippen molar-refractivity contribution in [3.05, 3.63) is 29.8 Å². The molecule has 96 valence electrons. The van der Waals surface area contributed by atoms with E-state index in [0.717, 1.165) is 32.8 Å². The zero-order chi connectivity index (χ0) is 12.5. The third-order valence-corrected chi connectivity index (χ3v) is 2.86. The predicted octanol–water partition coefficient (Wildman–Crippen LogP) is 2.59. The van der Waals surface area contributed by atoms with Crippen LogP contribution in [0, 0.1) is 0 Å². The van der Waals surface area contributed by atoms with Crippen molar-refractivity contribution in [2.24, 2.45) is 0 Å². The van der Waals surface area contributed by atoms with Crippen LogP contribution >= 0.6 is 0 Å². The third-order valence-electron chi connectivity index (χ3n) is 2.86. The SMILES string of the molecule is CCN(CC)Cc1cccc(NCCOC)c1. The topological polar surface area (TPSA) is 24.5 Å². The number of nitrogens with one attached hydrogen (secondary N) is 1.